The van der Waals surface area contributed by atoms with E-state index in [4.69, 9.17) is 21.4 Å². The Balaban J connectivity index is 2.06. The van der Waals surface area contributed by atoms with Gasteiger partial charge < -0.3 is 9.84 Å². The van der Waals surface area contributed by atoms with Crippen molar-refractivity contribution in [2.24, 2.45) is 0 Å². The van der Waals surface area contributed by atoms with Crippen LogP contribution < -0.4 is 0 Å². The molecule has 0 aliphatic heterocycles. The van der Waals surface area contributed by atoms with Crippen molar-refractivity contribution in [2.75, 3.05) is 25.6 Å². The van der Waals surface area contributed by atoms with E-state index in [-0.39, 0.29) is 6.61 Å². The van der Waals surface area contributed by atoms with Gasteiger partial charge in [-0.3, -0.25) is 4.57 Å². The van der Waals surface area contributed by atoms with Gasteiger partial charge in [-0.2, -0.15) is 0 Å². The number of hydrogen-bond donors (Lipinski definition) is 1. The predicted molar refractivity (Wildman–Crippen MR) is 81.9 cm³/mol. The van der Waals surface area contributed by atoms with Gasteiger partial charge in [0.1, 0.15) is 0 Å². The van der Waals surface area contributed by atoms with E-state index in [1.54, 1.807) is 18.0 Å². The Morgan fingerprint density at radius 1 is 1.40 bits per heavy atom. The lowest BCUT2D eigenvalue weighted by atomic mass is 10.2. The molecule has 0 saturated heterocycles. The van der Waals surface area contributed by atoms with Crippen LogP contribution in [0.2, 0.25) is 5.02 Å². The van der Waals surface area contributed by atoms with Crippen LogP contribution in [0.5, 0.6) is 0 Å². The number of ether oxygens (including phenoxy) is 1. The fourth-order valence-electron chi connectivity index (χ4n) is 1.80. The number of thioether (sulfide) groups is 1. The molecular weight excluding hydrogens is 296 g/mol. The van der Waals surface area contributed by atoms with E-state index in [1.165, 1.54) is 0 Å². The molecule has 1 aromatic heterocycles. The Bertz CT molecular complexity index is 560. The van der Waals surface area contributed by atoms with Crippen molar-refractivity contribution >= 4 is 23.4 Å². The van der Waals surface area contributed by atoms with Crippen molar-refractivity contribution in [1.29, 1.82) is 0 Å². The summed E-state index contributed by atoms with van der Waals surface area (Å²) >= 11 is 7.78. The molecule has 0 radical (unpaired) electrons. The van der Waals surface area contributed by atoms with Gasteiger partial charge in [-0.15, -0.1) is 0 Å². The van der Waals surface area contributed by atoms with Gasteiger partial charge in [-0.25, -0.2) is 4.98 Å². The van der Waals surface area contributed by atoms with Crippen LogP contribution in [0.3, 0.4) is 0 Å². The quantitative estimate of drug-likeness (QED) is 0.631. The van der Waals surface area contributed by atoms with E-state index in [2.05, 4.69) is 4.98 Å². The fourth-order valence-corrected chi connectivity index (χ4v) is 2.78. The van der Waals surface area contributed by atoms with Gasteiger partial charge in [0.15, 0.2) is 5.16 Å². The molecule has 108 valence electrons. The Morgan fingerprint density at radius 2 is 2.25 bits per heavy atom. The Kier molecular flexibility index (Phi) is 5.91. The standard InChI is InChI=1S/C14H17ClN2O2S/c1-11-12(15)3-2-4-13(11)17-6-5-16-14(17)20-10-9-19-8-7-18/h2-6,18H,7-10H2,1H3. The number of aromatic nitrogens is 2. The number of halogens is 1. The number of nitrogens with zero attached hydrogens (tertiary/aromatic N) is 2. The summed E-state index contributed by atoms with van der Waals surface area (Å²) in [4.78, 5) is 4.36. The van der Waals surface area contributed by atoms with E-state index in [9.17, 15) is 0 Å². The molecule has 4 nitrogen and oxygen atoms in total. The van der Waals surface area contributed by atoms with E-state index in [0.29, 0.717) is 13.2 Å². The summed E-state index contributed by atoms with van der Waals surface area (Å²) in [7, 11) is 0. The van der Waals surface area contributed by atoms with Crippen LogP contribution in [-0.2, 0) is 4.74 Å². The van der Waals surface area contributed by atoms with E-state index in [1.807, 2.05) is 35.9 Å². The highest BCUT2D eigenvalue weighted by Gasteiger charge is 2.09. The average molecular weight is 313 g/mol. The summed E-state index contributed by atoms with van der Waals surface area (Å²) in [5, 5.41) is 10.3. The first-order valence-corrected chi connectivity index (χ1v) is 7.70. The zero-order valence-corrected chi connectivity index (χ0v) is 12.8. The normalized spacial score (nSPS) is 10.9. The first-order valence-electron chi connectivity index (χ1n) is 6.34. The highest BCUT2D eigenvalue weighted by molar-refractivity contribution is 7.99. The van der Waals surface area contributed by atoms with Crippen LogP contribution in [0.4, 0.5) is 0 Å². The maximum absolute atomic E-state index is 8.64. The summed E-state index contributed by atoms with van der Waals surface area (Å²) in [5.41, 5.74) is 2.07. The molecule has 1 heterocycles. The molecule has 0 atom stereocenters. The van der Waals surface area contributed by atoms with E-state index >= 15 is 0 Å². The van der Waals surface area contributed by atoms with Gasteiger partial charge in [0.2, 0.25) is 0 Å². The second kappa shape index (κ2) is 7.69. The Hall–Kier alpha value is -1.01. The van der Waals surface area contributed by atoms with Crippen LogP contribution in [-0.4, -0.2) is 40.2 Å². The smallest absolute Gasteiger partial charge is 0.172 e. The molecule has 1 N–H and O–H groups in total. The molecule has 0 fully saturated rings. The van der Waals surface area contributed by atoms with E-state index in [0.717, 1.165) is 27.2 Å². The second-order valence-corrected chi connectivity index (χ2v) is 5.62. The maximum Gasteiger partial charge on any atom is 0.172 e. The number of aliphatic hydroxyl groups is 1. The molecule has 0 saturated carbocycles. The minimum Gasteiger partial charge on any atom is -0.394 e. The first kappa shape index (κ1) is 15.4. The van der Waals surface area contributed by atoms with Crippen LogP contribution in [0.25, 0.3) is 5.69 Å². The molecule has 1 aromatic carbocycles. The SMILES string of the molecule is Cc1c(Cl)cccc1-n1ccnc1SCCOCCO. The number of benzene rings is 1. The molecule has 0 bridgehead atoms. The van der Waals surface area contributed by atoms with Gasteiger partial charge in [0.05, 0.1) is 25.5 Å². The van der Waals surface area contributed by atoms with Gasteiger partial charge in [0.25, 0.3) is 0 Å². The minimum absolute atomic E-state index is 0.0566. The summed E-state index contributed by atoms with van der Waals surface area (Å²) in [6, 6.07) is 5.84. The van der Waals surface area contributed by atoms with Gasteiger partial charge >= 0.3 is 0 Å². The van der Waals surface area contributed by atoms with Crippen LogP contribution in [0.15, 0.2) is 35.7 Å². The fraction of sp³-hybridized carbons (Fsp3) is 0.357. The van der Waals surface area contributed by atoms with Gasteiger partial charge in [-0.1, -0.05) is 29.4 Å². The summed E-state index contributed by atoms with van der Waals surface area (Å²) in [6.07, 6.45) is 3.70. The average Bonchev–Trinajstić information content (AvgIpc) is 2.90. The van der Waals surface area contributed by atoms with Crippen molar-refractivity contribution in [3.63, 3.8) is 0 Å². The van der Waals surface area contributed by atoms with Crippen molar-refractivity contribution < 1.29 is 9.84 Å². The Morgan fingerprint density at radius 3 is 3.05 bits per heavy atom. The molecule has 2 aromatic rings. The maximum atomic E-state index is 8.64. The molecule has 0 unspecified atom stereocenters. The number of rotatable bonds is 7. The molecule has 0 aliphatic carbocycles. The Labute approximate surface area is 127 Å². The lowest BCUT2D eigenvalue weighted by Gasteiger charge is -2.11. The molecule has 20 heavy (non-hydrogen) atoms. The highest BCUT2D eigenvalue weighted by Crippen LogP contribution is 2.26. The molecule has 2 rings (SSSR count). The third-order valence-electron chi connectivity index (χ3n) is 2.80. The van der Waals surface area contributed by atoms with Crippen molar-refractivity contribution in [3.05, 3.63) is 41.2 Å². The predicted octanol–water partition coefficient (Wildman–Crippen LogP) is 2.94. The van der Waals surface area contributed by atoms with Gasteiger partial charge in [0, 0.05) is 23.2 Å². The number of aliphatic hydroxyl groups excluding tert-OH is 1. The van der Waals surface area contributed by atoms with Crippen LogP contribution in [0.1, 0.15) is 5.56 Å². The molecule has 0 amide bonds. The lowest BCUT2D eigenvalue weighted by Crippen LogP contribution is -2.04. The van der Waals surface area contributed by atoms with Crippen molar-refractivity contribution in [3.8, 4) is 5.69 Å². The third-order valence-corrected chi connectivity index (χ3v) is 4.14. The van der Waals surface area contributed by atoms with Crippen molar-refractivity contribution in [2.45, 2.75) is 12.1 Å². The zero-order valence-electron chi connectivity index (χ0n) is 11.3. The first-order chi connectivity index (χ1) is 9.74. The monoisotopic (exact) mass is 312 g/mol. The lowest BCUT2D eigenvalue weighted by molar-refractivity contribution is 0.103. The minimum atomic E-state index is 0.0566. The van der Waals surface area contributed by atoms with Crippen LogP contribution in [0, 0.1) is 6.92 Å². The topological polar surface area (TPSA) is 47.3 Å². The molecule has 6 heteroatoms. The number of hydrogen-bond acceptors (Lipinski definition) is 4. The summed E-state index contributed by atoms with van der Waals surface area (Å²) < 4.78 is 7.27. The largest absolute Gasteiger partial charge is 0.394 e. The summed E-state index contributed by atoms with van der Waals surface area (Å²) in [6.45, 7) is 3.02. The zero-order chi connectivity index (χ0) is 14.4. The van der Waals surface area contributed by atoms with Gasteiger partial charge in [-0.05, 0) is 24.6 Å². The number of imidazole rings is 1. The molecule has 0 aliphatic rings. The van der Waals surface area contributed by atoms with Crippen molar-refractivity contribution in [1.82, 2.24) is 9.55 Å². The third kappa shape index (κ3) is 3.76. The highest BCUT2D eigenvalue weighted by atomic mass is 35.5. The summed E-state index contributed by atoms with van der Waals surface area (Å²) in [5.74, 6) is 0.788. The second-order valence-electron chi connectivity index (χ2n) is 4.15. The molecule has 0 spiro atoms. The van der Waals surface area contributed by atoms with Crippen LogP contribution >= 0.6 is 23.4 Å². The molecular formula is C14H17ClN2O2S. The van der Waals surface area contributed by atoms with E-state index < -0.39 is 0 Å².